The van der Waals surface area contributed by atoms with Crippen LogP contribution < -0.4 is 10.6 Å². The van der Waals surface area contributed by atoms with Gasteiger partial charge in [0.25, 0.3) is 0 Å². The average molecular weight is 568 g/mol. The zero-order chi connectivity index (χ0) is 29.1. The lowest BCUT2D eigenvalue weighted by molar-refractivity contribution is -0.116. The summed E-state index contributed by atoms with van der Waals surface area (Å²) in [4.78, 5) is 31.2. The van der Waals surface area contributed by atoms with Crippen LogP contribution in [0.1, 0.15) is 64.0 Å². The van der Waals surface area contributed by atoms with Crippen LogP contribution in [0.4, 0.5) is 5.69 Å². The summed E-state index contributed by atoms with van der Waals surface area (Å²) >= 11 is 5.82. The topological polar surface area (TPSA) is 99.5 Å². The van der Waals surface area contributed by atoms with E-state index >= 15 is 0 Å². The molecule has 0 bridgehead atoms. The number of carboxylic acid groups (broad SMARTS) is 1. The molecule has 1 aliphatic rings. The molecule has 210 valence electrons. The van der Waals surface area contributed by atoms with Gasteiger partial charge in [-0.15, -0.1) is 0 Å². The fourth-order valence-electron chi connectivity index (χ4n) is 5.61. The van der Waals surface area contributed by atoms with Gasteiger partial charge in [0.05, 0.1) is 23.3 Å². The molecular weight excluding hydrogens is 534 g/mol. The lowest BCUT2D eigenvalue weighted by Gasteiger charge is -2.28. The van der Waals surface area contributed by atoms with Crippen LogP contribution in [-0.2, 0) is 11.2 Å². The van der Waals surface area contributed by atoms with Crippen LogP contribution in [-0.4, -0.2) is 43.1 Å². The maximum absolute atomic E-state index is 13.1. The number of benzene rings is 2. The Morgan fingerprint density at radius 2 is 1.78 bits per heavy atom. The van der Waals surface area contributed by atoms with Gasteiger partial charge in [0, 0.05) is 41.9 Å². The van der Waals surface area contributed by atoms with Crippen molar-refractivity contribution in [3.05, 3.63) is 113 Å². The van der Waals surface area contributed by atoms with Gasteiger partial charge < -0.3 is 25.2 Å². The van der Waals surface area contributed by atoms with E-state index in [-0.39, 0.29) is 30.0 Å². The van der Waals surface area contributed by atoms with Gasteiger partial charge in [0.15, 0.2) is 5.11 Å². The number of para-hydroxylation sites is 1. The number of amides is 1. The van der Waals surface area contributed by atoms with Crippen molar-refractivity contribution in [2.24, 2.45) is 0 Å². The monoisotopic (exact) mass is 567 g/mol. The summed E-state index contributed by atoms with van der Waals surface area (Å²) in [7, 11) is 0. The molecule has 3 heterocycles. The molecule has 2 aromatic carbocycles. The van der Waals surface area contributed by atoms with Crippen LogP contribution in [0.3, 0.4) is 0 Å². The molecule has 1 saturated heterocycles. The quantitative estimate of drug-likeness (QED) is 0.222. The van der Waals surface area contributed by atoms with Gasteiger partial charge in [-0.25, -0.2) is 4.79 Å². The Bertz CT molecular complexity index is 1580. The third-order valence-corrected chi connectivity index (χ3v) is 7.96. The number of hydrogen-bond acceptors (Lipinski definition) is 4. The van der Waals surface area contributed by atoms with E-state index in [4.69, 9.17) is 12.2 Å². The van der Waals surface area contributed by atoms with E-state index in [2.05, 4.69) is 45.0 Å². The number of nitrogens with zero attached hydrogens (tertiary/aromatic N) is 3. The molecule has 0 saturated carbocycles. The highest BCUT2D eigenvalue weighted by Crippen LogP contribution is 2.41. The van der Waals surface area contributed by atoms with E-state index in [1.807, 2.05) is 61.5 Å². The lowest BCUT2D eigenvalue weighted by Crippen LogP contribution is -2.33. The van der Waals surface area contributed by atoms with Crippen LogP contribution in [0.15, 0.2) is 79.0 Å². The number of hydrogen-bond donors (Lipinski definition) is 3. The average Bonchev–Trinajstić information content (AvgIpc) is 3.46. The van der Waals surface area contributed by atoms with Gasteiger partial charge in [-0.1, -0.05) is 31.2 Å². The second-order valence-corrected chi connectivity index (χ2v) is 10.5. The van der Waals surface area contributed by atoms with E-state index in [1.54, 1.807) is 18.3 Å². The first-order valence-electron chi connectivity index (χ1n) is 13.7. The molecule has 1 fully saturated rings. The highest BCUT2D eigenvalue weighted by atomic mass is 32.1. The van der Waals surface area contributed by atoms with E-state index in [0.29, 0.717) is 11.7 Å². The molecule has 3 N–H and O–H groups in total. The normalized spacial score (nSPS) is 16.5. The van der Waals surface area contributed by atoms with E-state index in [1.165, 1.54) is 0 Å². The Morgan fingerprint density at radius 1 is 1.05 bits per heavy atom. The molecule has 1 amide bonds. The molecule has 9 heteroatoms. The molecule has 0 unspecified atom stereocenters. The van der Waals surface area contributed by atoms with Crippen molar-refractivity contribution >= 4 is 34.9 Å². The van der Waals surface area contributed by atoms with Crippen LogP contribution in [0.5, 0.6) is 0 Å². The molecule has 5 rings (SSSR count). The summed E-state index contributed by atoms with van der Waals surface area (Å²) in [5, 5.41) is 16.4. The second kappa shape index (κ2) is 11.9. The number of nitrogens with one attached hydrogen (secondary N) is 2. The third kappa shape index (κ3) is 5.71. The predicted octanol–water partition coefficient (Wildman–Crippen LogP) is 5.75. The summed E-state index contributed by atoms with van der Waals surface area (Å²) < 4.78 is 2.12. The molecule has 41 heavy (non-hydrogen) atoms. The SMILES string of the molecule is CCc1ccccc1NC(=O)CCN1C(=S)N[C@@H](c2ccccn2)[C@@H]1c1cc(C)n(-c2ccc(C(=O)O)cc2)c1C. The van der Waals surface area contributed by atoms with Crippen molar-refractivity contribution in [2.75, 3.05) is 11.9 Å². The molecule has 0 aliphatic carbocycles. The van der Waals surface area contributed by atoms with E-state index in [0.717, 1.165) is 46.0 Å². The number of carbonyl (C=O) groups is 2. The maximum atomic E-state index is 13.1. The van der Waals surface area contributed by atoms with Crippen molar-refractivity contribution in [1.29, 1.82) is 0 Å². The molecule has 2 atom stereocenters. The van der Waals surface area contributed by atoms with E-state index in [9.17, 15) is 14.7 Å². The Labute approximate surface area is 245 Å². The van der Waals surface area contributed by atoms with Crippen molar-refractivity contribution in [2.45, 2.75) is 45.7 Å². The first-order valence-corrected chi connectivity index (χ1v) is 14.1. The second-order valence-electron chi connectivity index (χ2n) is 10.1. The third-order valence-electron chi connectivity index (χ3n) is 7.61. The predicted molar refractivity (Wildman–Crippen MR) is 163 cm³/mol. The highest BCUT2D eigenvalue weighted by molar-refractivity contribution is 7.80. The Balaban J connectivity index is 1.46. The molecule has 2 aromatic heterocycles. The zero-order valence-corrected chi connectivity index (χ0v) is 24.1. The summed E-state index contributed by atoms with van der Waals surface area (Å²) in [6.07, 6.45) is 2.87. The van der Waals surface area contributed by atoms with Gasteiger partial charge >= 0.3 is 5.97 Å². The first kappa shape index (κ1) is 28.0. The van der Waals surface area contributed by atoms with Crippen LogP contribution >= 0.6 is 12.2 Å². The number of aromatic carboxylic acids is 1. The molecule has 8 nitrogen and oxygen atoms in total. The van der Waals surface area contributed by atoms with Gasteiger partial charge in [0.2, 0.25) is 5.91 Å². The van der Waals surface area contributed by atoms with Crippen molar-refractivity contribution < 1.29 is 14.7 Å². The summed E-state index contributed by atoms with van der Waals surface area (Å²) in [5.41, 5.74) is 6.98. The largest absolute Gasteiger partial charge is 0.478 e. The number of carbonyl (C=O) groups excluding carboxylic acids is 1. The number of rotatable bonds is 9. The summed E-state index contributed by atoms with van der Waals surface area (Å²) in [5.74, 6) is -1.03. The smallest absolute Gasteiger partial charge is 0.335 e. The van der Waals surface area contributed by atoms with Gasteiger partial charge in [-0.05, 0) is 92.1 Å². The van der Waals surface area contributed by atoms with Gasteiger partial charge in [-0.3, -0.25) is 9.78 Å². The van der Waals surface area contributed by atoms with Crippen LogP contribution in [0.2, 0.25) is 0 Å². The molecule has 1 aliphatic heterocycles. The highest BCUT2D eigenvalue weighted by Gasteiger charge is 2.41. The van der Waals surface area contributed by atoms with Crippen molar-refractivity contribution in [3.63, 3.8) is 0 Å². The first-order chi connectivity index (χ1) is 19.8. The molecular formula is C32H33N5O3S. The fraction of sp³-hybridized carbons (Fsp3) is 0.250. The number of anilines is 1. The van der Waals surface area contributed by atoms with Gasteiger partial charge in [-0.2, -0.15) is 0 Å². The van der Waals surface area contributed by atoms with Crippen LogP contribution in [0, 0.1) is 13.8 Å². The maximum Gasteiger partial charge on any atom is 0.335 e. The minimum Gasteiger partial charge on any atom is -0.478 e. The number of aryl methyl sites for hydroxylation is 2. The van der Waals surface area contributed by atoms with Crippen molar-refractivity contribution in [3.8, 4) is 5.69 Å². The zero-order valence-electron chi connectivity index (χ0n) is 23.3. The van der Waals surface area contributed by atoms with Gasteiger partial charge in [0.1, 0.15) is 0 Å². The molecule has 0 radical (unpaired) electrons. The lowest BCUT2D eigenvalue weighted by atomic mass is 9.96. The Morgan fingerprint density at radius 3 is 2.46 bits per heavy atom. The fourth-order valence-corrected chi connectivity index (χ4v) is 5.94. The number of carboxylic acids is 1. The molecule has 4 aromatic rings. The summed E-state index contributed by atoms with van der Waals surface area (Å²) in [6, 6.07) is 22.3. The molecule has 0 spiro atoms. The summed E-state index contributed by atoms with van der Waals surface area (Å²) in [6.45, 7) is 6.58. The minimum absolute atomic E-state index is 0.0715. The minimum atomic E-state index is -0.959. The standard InChI is InChI=1S/C32H33N5O3S/c1-4-22-9-5-6-10-26(22)34-28(38)16-18-36-30(29(35-32(36)41)27-11-7-8-17-33-27)25-19-20(2)37(21(25)3)24-14-12-23(13-15-24)31(39)40/h5-15,17,19,29-30H,4,16,18H2,1-3H3,(H,34,38)(H,35,41)(H,39,40)/t29-,30-/m0/s1. The van der Waals surface area contributed by atoms with Crippen molar-refractivity contribution in [1.82, 2.24) is 19.8 Å². The van der Waals surface area contributed by atoms with E-state index < -0.39 is 5.97 Å². The Kier molecular flexibility index (Phi) is 8.16. The number of thiocarbonyl (C=S) groups is 1. The Hall–Kier alpha value is -4.50. The number of pyridine rings is 1. The number of aromatic nitrogens is 2. The van der Waals surface area contributed by atoms with Crippen LogP contribution in [0.25, 0.3) is 5.69 Å².